The Morgan fingerprint density at radius 3 is 2.38 bits per heavy atom. The van der Waals surface area contributed by atoms with E-state index in [4.69, 9.17) is 17.3 Å². The molecule has 3 N–H and O–H groups in total. The van der Waals surface area contributed by atoms with Gasteiger partial charge in [-0.2, -0.15) is 0 Å². The lowest BCUT2D eigenvalue weighted by molar-refractivity contribution is -0.130. The molecule has 2 aromatic rings. The minimum atomic E-state index is -0.746. The number of rotatable bonds is 9. The Morgan fingerprint density at radius 2 is 1.79 bits per heavy atom. The first kappa shape index (κ1) is 26.9. The van der Waals surface area contributed by atoms with Crippen molar-refractivity contribution in [3.8, 4) is 0 Å². The Balaban J connectivity index is 2.33. The van der Waals surface area contributed by atoms with E-state index in [2.05, 4.69) is 4.98 Å². The van der Waals surface area contributed by atoms with Gasteiger partial charge in [0.15, 0.2) is 5.69 Å². The largest absolute Gasteiger partial charge is 0.383 e. The van der Waals surface area contributed by atoms with Crippen LogP contribution in [0.5, 0.6) is 0 Å². The average molecular weight is 490 g/mol. The molecule has 1 aromatic heterocycles. The molecule has 0 bridgehead atoms. The first-order valence-electron chi connectivity index (χ1n) is 11.0. The summed E-state index contributed by atoms with van der Waals surface area (Å²) in [5, 5.41) is 0.500. The maximum atomic E-state index is 13.2. The van der Waals surface area contributed by atoms with Crippen LogP contribution < -0.4 is 21.9 Å². The van der Waals surface area contributed by atoms with Crippen molar-refractivity contribution < 1.29 is 9.59 Å². The number of aromatic nitrogens is 2. The second-order valence-electron chi connectivity index (χ2n) is 8.94. The second-order valence-corrected chi connectivity index (χ2v) is 9.35. The zero-order valence-corrected chi connectivity index (χ0v) is 20.9. The van der Waals surface area contributed by atoms with Gasteiger partial charge in [0.1, 0.15) is 12.4 Å². The molecule has 0 unspecified atom stereocenters. The monoisotopic (exact) mass is 489 g/mol. The highest BCUT2D eigenvalue weighted by molar-refractivity contribution is 6.32. The van der Waals surface area contributed by atoms with E-state index in [9.17, 15) is 19.2 Å². The highest BCUT2D eigenvalue weighted by Gasteiger charge is 2.26. The van der Waals surface area contributed by atoms with Gasteiger partial charge in [-0.15, -0.1) is 0 Å². The molecular weight excluding hydrogens is 458 g/mol. The number of nitrogens with zero attached hydrogens (tertiary/aromatic N) is 3. The van der Waals surface area contributed by atoms with E-state index in [-0.39, 0.29) is 43.0 Å². The lowest BCUT2D eigenvalue weighted by Crippen LogP contribution is -2.46. The topological polar surface area (TPSA) is 121 Å². The SMILES string of the molecule is CC(C)CN(C(=O)CN(C)C(=O)/C=C/c1ccccc1Cl)c1c(N)n(CC(C)C)c(=O)[nH]c1=O. The van der Waals surface area contributed by atoms with Gasteiger partial charge in [-0.3, -0.25) is 23.9 Å². The number of H-pyrrole nitrogens is 1. The predicted molar refractivity (Wildman–Crippen MR) is 136 cm³/mol. The molecule has 184 valence electrons. The summed E-state index contributed by atoms with van der Waals surface area (Å²) in [7, 11) is 1.48. The molecule has 0 saturated heterocycles. The van der Waals surface area contributed by atoms with Gasteiger partial charge >= 0.3 is 5.69 Å². The van der Waals surface area contributed by atoms with Gasteiger partial charge in [0.05, 0.1) is 0 Å². The average Bonchev–Trinajstić information content (AvgIpc) is 2.74. The molecule has 0 fully saturated rings. The molecule has 0 atom stereocenters. The Morgan fingerprint density at radius 1 is 1.15 bits per heavy atom. The number of nitrogens with one attached hydrogen (secondary N) is 1. The normalized spacial score (nSPS) is 11.4. The smallest absolute Gasteiger partial charge is 0.330 e. The number of aromatic amines is 1. The molecule has 0 radical (unpaired) electrons. The third-order valence-electron chi connectivity index (χ3n) is 4.94. The molecule has 0 saturated carbocycles. The Labute approximate surface area is 203 Å². The number of hydrogen-bond donors (Lipinski definition) is 2. The third kappa shape index (κ3) is 6.84. The molecule has 0 aliphatic carbocycles. The maximum Gasteiger partial charge on any atom is 0.330 e. The van der Waals surface area contributed by atoms with Crippen LogP contribution in [-0.2, 0) is 16.1 Å². The van der Waals surface area contributed by atoms with Crippen molar-refractivity contribution in [2.24, 2.45) is 11.8 Å². The number of anilines is 2. The van der Waals surface area contributed by atoms with Crippen molar-refractivity contribution in [3.63, 3.8) is 0 Å². The molecule has 0 aliphatic rings. The lowest BCUT2D eigenvalue weighted by atomic mass is 10.2. The fourth-order valence-electron chi connectivity index (χ4n) is 3.33. The molecule has 2 amide bonds. The van der Waals surface area contributed by atoms with E-state index >= 15 is 0 Å². The summed E-state index contributed by atoms with van der Waals surface area (Å²) >= 11 is 6.11. The summed E-state index contributed by atoms with van der Waals surface area (Å²) in [6.45, 7) is 7.76. The third-order valence-corrected chi connectivity index (χ3v) is 5.28. The van der Waals surface area contributed by atoms with E-state index in [0.717, 1.165) is 0 Å². The number of carbonyl (C=O) groups is 2. The van der Waals surface area contributed by atoms with Gasteiger partial charge in [0.25, 0.3) is 5.56 Å². The van der Waals surface area contributed by atoms with Crippen LogP contribution in [-0.4, -0.2) is 46.4 Å². The first-order chi connectivity index (χ1) is 15.9. The van der Waals surface area contributed by atoms with E-state index in [0.29, 0.717) is 10.6 Å². The highest BCUT2D eigenvalue weighted by Crippen LogP contribution is 2.20. The van der Waals surface area contributed by atoms with Crippen LogP contribution >= 0.6 is 11.6 Å². The molecule has 0 aliphatic heterocycles. The van der Waals surface area contributed by atoms with Crippen LogP contribution in [0.2, 0.25) is 5.02 Å². The van der Waals surface area contributed by atoms with Crippen LogP contribution in [0.1, 0.15) is 33.3 Å². The summed E-state index contributed by atoms with van der Waals surface area (Å²) < 4.78 is 1.25. The summed E-state index contributed by atoms with van der Waals surface area (Å²) in [6, 6.07) is 7.06. The van der Waals surface area contributed by atoms with Crippen molar-refractivity contribution in [2.45, 2.75) is 34.2 Å². The van der Waals surface area contributed by atoms with Crippen LogP contribution in [0, 0.1) is 11.8 Å². The van der Waals surface area contributed by atoms with Gasteiger partial charge in [-0.25, -0.2) is 4.79 Å². The van der Waals surface area contributed by atoms with Gasteiger partial charge < -0.3 is 15.5 Å². The molecule has 9 nitrogen and oxygen atoms in total. The van der Waals surface area contributed by atoms with E-state index in [1.165, 1.54) is 27.5 Å². The number of hydrogen-bond acceptors (Lipinski definition) is 5. The quantitative estimate of drug-likeness (QED) is 0.524. The number of amides is 2. The standard InChI is InChI=1S/C24H32ClN5O4/c1-15(2)12-29(21-22(26)30(13-16(3)4)24(34)27-23(21)33)20(32)14-28(5)19(31)11-10-17-8-6-7-9-18(17)25/h6-11,15-16H,12-14,26H2,1-5H3,(H,27,33,34)/b11-10+. The molecular formula is C24H32ClN5O4. The van der Waals surface area contributed by atoms with E-state index < -0.39 is 23.1 Å². The molecule has 0 spiro atoms. The van der Waals surface area contributed by atoms with Gasteiger partial charge in [0.2, 0.25) is 11.8 Å². The van der Waals surface area contributed by atoms with E-state index in [1.54, 1.807) is 30.3 Å². The summed E-state index contributed by atoms with van der Waals surface area (Å²) in [6.07, 6.45) is 2.90. The molecule has 2 rings (SSSR count). The summed E-state index contributed by atoms with van der Waals surface area (Å²) in [5.41, 5.74) is 5.41. The minimum absolute atomic E-state index is 0.00523. The number of carbonyl (C=O) groups excluding carboxylic acids is 2. The van der Waals surface area contributed by atoms with Crippen LogP contribution in [0.25, 0.3) is 6.08 Å². The van der Waals surface area contributed by atoms with Gasteiger partial charge in [-0.1, -0.05) is 57.5 Å². The van der Waals surface area contributed by atoms with Crippen molar-refractivity contribution in [1.29, 1.82) is 0 Å². The molecule has 10 heteroatoms. The molecule has 1 heterocycles. The Hall–Kier alpha value is -3.33. The fraction of sp³-hybridized carbons (Fsp3) is 0.417. The zero-order chi connectivity index (χ0) is 25.6. The van der Waals surface area contributed by atoms with Gasteiger partial charge in [0, 0.05) is 31.2 Å². The van der Waals surface area contributed by atoms with Crippen LogP contribution in [0.3, 0.4) is 0 Å². The second kappa shape index (κ2) is 11.7. The number of nitrogens with two attached hydrogens (primary N) is 1. The van der Waals surface area contributed by atoms with Crippen LogP contribution in [0.15, 0.2) is 39.9 Å². The van der Waals surface area contributed by atoms with Crippen molar-refractivity contribution in [3.05, 3.63) is 61.8 Å². The molecule has 1 aromatic carbocycles. The van der Waals surface area contributed by atoms with E-state index in [1.807, 2.05) is 27.7 Å². The molecule has 34 heavy (non-hydrogen) atoms. The number of likely N-dealkylation sites (N-methyl/N-ethyl adjacent to an activating group) is 1. The number of nitrogen functional groups attached to an aromatic ring is 1. The first-order valence-corrected chi connectivity index (χ1v) is 11.4. The Bertz CT molecular complexity index is 1180. The minimum Gasteiger partial charge on any atom is -0.383 e. The fourth-order valence-corrected chi connectivity index (χ4v) is 3.53. The zero-order valence-electron chi connectivity index (χ0n) is 20.2. The van der Waals surface area contributed by atoms with Crippen molar-refractivity contribution >= 4 is 41.0 Å². The predicted octanol–water partition coefficient (Wildman–Crippen LogP) is 2.59. The Kier molecular flexibility index (Phi) is 9.26. The number of benzene rings is 1. The number of halogens is 1. The van der Waals surface area contributed by atoms with Crippen LogP contribution in [0.4, 0.5) is 11.5 Å². The van der Waals surface area contributed by atoms with Crippen molar-refractivity contribution in [1.82, 2.24) is 14.5 Å². The maximum absolute atomic E-state index is 13.2. The highest BCUT2D eigenvalue weighted by atomic mass is 35.5. The van der Waals surface area contributed by atoms with Crippen molar-refractivity contribution in [2.75, 3.05) is 30.8 Å². The summed E-state index contributed by atoms with van der Waals surface area (Å²) in [4.78, 5) is 55.5. The van der Waals surface area contributed by atoms with Gasteiger partial charge in [-0.05, 0) is 29.5 Å². The summed E-state index contributed by atoms with van der Waals surface area (Å²) in [5.74, 6) is -0.910. The lowest BCUT2D eigenvalue weighted by Gasteiger charge is -2.28.